The van der Waals surface area contributed by atoms with Gasteiger partial charge in [0.15, 0.2) is 0 Å². The lowest BCUT2D eigenvalue weighted by atomic mass is 9.86. The van der Waals surface area contributed by atoms with Crippen LogP contribution in [0.5, 0.6) is 0 Å². The van der Waals surface area contributed by atoms with Gasteiger partial charge >= 0.3 is 11.9 Å². The van der Waals surface area contributed by atoms with Crippen LogP contribution < -0.4 is 0 Å². The smallest absolute Gasteiger partial charge is 0.331 e. The van der Waals surface area contributed by atoms with E-state index in [-0.39, 0.29) is 6.61 Å². The summed E-state index contributed by atoms with van der Waals surface area (Å²) in [5, 5.41) is 18.5. The van der Waals surface area contributed by atoms with Crippen LogP contribution in [0.1, 0.15) is 27.7 Å². The molecule has 0 saturated carbocycles. The van der Waals surface area contributed by atoms with Crippen molar-refractivity contribution in [3.63, 3.8) is 0 Å². The number of carbonyl (C=O) groups excluding carboxylic acids is 2. The minimum Gasteiger partial charge on any atom is -0.478 e. The average Bonchev–Trinajstić information content (AvgIpc) is 2.43. The normalized spacial score (nSPS) is 13.0. The molecule has 0 aliphatic heterocycles. The van der Waals surface area contributed by atoms with Crippen molar-refractivity contribution in [2.24, 2.45) is 5.41 Å². The highest BCUT2D eigenvalue weighted by atomic mass is 16.5. The summed E-state index contributed by atoms with van der Waals surface area (Å²) in [5.74, 6) is -2.53. The highest BCUT2D eigenvalue weighted by Gasteiger charge is 2.36. The van der Waals surface area contributed by atoms with Gasteiger partial charge in [-0.1, -0.05) is 13.8 Å². The van der Waals surface area contributed by atoms with E-state index in [2.05, 4.69) is 0 Å². The first-order chi connectivity index (χ1) is 9.65. The van der Waals surface area contributed by atoms with Crippen LogP contribution >= 0.6 is 0 Å². The Balaban J connectivity index is 4.64. The van der Waals surface area contributed by atoms with E-state index in [1.54, 1.807) is 27.7 Å². The lowest BCUT2D eigenvalue weighted by Crippen LogP contribution is -2.48. The Labute approximate surface area is 124 Å². The number of likely N-dealkylation sites (N-methyl/N-ethyl adjacent to an activating group) is 1. The quantitative estimate of drug-likeness (QED) is 0.497. The summed E-state index contributed by atoms with van der Waals surface area (Å²) in [5.41, 5.74) is -0.980. The van der Waals surface area contributed by atoms with E-state index in [0.717, 1.165) is 6.08 Å². The Morgan fingerprint density at radius 2 is 1.71 bits per heavy atom. The number of aliphatic hydroxyl groups excluding tert-OH is 1. The average molecular weight is 301 g/mol. The molecule has 0 aromatic rings. The number of aliphatic carboxylic acids is 1. The summed E-state index contributed by atoms with van der Waals surface area (Å²) in [6.07, 6.45) is 0.123. The molecule has 2 N–H and O–H groups in total. The number of hydrogen-bond donors (Lipinski definition) is 2. The molecule has 0 rings (SSSR count). The zero-order valence-corrected chi connectivity index (χ0v) is 12.8. The Morgan fingerprint density at radius 3 is 2.14 bits per heavy atom. The monoisotopic (exact) mass is 301 g/mol. The molecule has 0 radical (unpaired) electrons. The maximum Gasteiger partial charge on any atom is 0.331 e. The van der Waals surface area contributed by atoms with E-state index >= 15 is 0 Å². The zero-order chi connectivity index (χ0) is 16.6. The summed E-state index contributed by atoms with van der Waals surface area (Å²) < 4.78 is 4.86. The second kappa shape index (κ2) is 8.41. The first-order valence-corrected chi connectivity index (χ1v) is 6.70. The van der Waals surface area contributed by atoms with Crippen LogP contribution in [0, 0.1) is 5.41 Å². The van der Waals surface area contributed by atoms with Gasteiger partial charge in [-0.25, -0.2) is 9.59 Å². The lowest BCUT2D eigenvalue weighted by molar-refractivity contribution is -0.154. The highest BCUT2D eigenvalue weighted by molar-refractivity contribution is 5.90. The third kappa shape index (κ3) is 6.40. The third-order valence-electron chi connectivity index (χ3n) is 3.00. The molecule has 0 heterocycles. The molecule has 0 spiro atoms. The van der Waals surface area contributed by atoms with Gasteiger partial charge in [-0.2, -0.15) is 0 Å². The van der Waals surface area contributed by atoms with Gasteiger partial charge in [-0.15, -0.1) is 0 Å². The second-order valence-electron chi connectivity index (χ2n) is 5.18. The molecule has 7 heteroatoms. The first kappa shape index (κ1) is 19.1. The zero-order valence-electron chi connectivity index (χ0n) is 12.8. The number of esters is 1. The molecule has 7 nitrogen and oxygen atoms in total. The van der Waals surface area contributed by atoms with Crippen LogP contribution in [0.15, 0.2) is 12.2 Å². The Bertz CT molecular complexity index is 412. The standard InChI is InChI=1S/C14H23NO6/c1-5-15(6-2)13(20)12(19)14(3,4)9-21-11(18)8-7-10(16)17/h7-8,12,19H,5-6,9H2,1-4H3,(H,16,17)/b8-7+/t12-/m0/s1. The Hall–Kier alpha value is -1.89. The van der Waals surface area contributed by atoms with Gasteiger partial charge in [0.05, 0.1) is 6.61 Å². The molecular formula is C14H23NO6. The van der Waals surface area contributed by atoms with Crippen molar-refractivity contribution in [1.82, 2.24) is 4.90 Å². The van der Waals surface area contributed by atoms with Gasteiger partial charge in [-0.3, -0.25) is 4.79 Å². The van der Waals surface area contributed by atoms with E-state index in [4.69, 9.17) is 9.84 Å². The maximum absolute atomic E-state index is 12.1. The predicted octanol–water partition coefficient (Wildman–Crippen LogP) is 0.426. The van der Waals surface area contributed by atoms with E-state index in [1.807, 2.05) is 0 Å². The van der Waals surface area contributed by atoms with Crippen LogP contribution in [0.2, 0.25) is 0 Å². The van der Waals surface area contributed by atoms with Crippen LogP contribution in [0.4, 0.5) is 0 Å². The number of carbonyl (C=O) groups is 3. The van der Waals surface area contributed by atoms with Crippen LogP contribution in [0.25, 0.3) is 0 Å². The van der Waals surface area contributed by atoms with Crippen molar-refractivity contribution in [2.75, 3.05) is 19.7 Å². The lowest BCUT2D eigenvalue weighted by Gasteiger charge is -2.32. The Morgan fingerprint density at radius 1 is 1.19 bits per heavy atom. The number of nitrogens with zero attached hydrogens (tertiary/aromatic N) is 1. The number of hydrogen-bond acceptors (Lipinski definition) is 5. The fourth-order valence-electron chi connectivity index (χ4n) is 1.57. The molecule has 1 atom stereocenters. The number of carboxylic acids is 1. The fraction of sp³-hybridized carbons (Fsp3) is 0.643. The predicted molar refractivity (Wildman–Crippen MR) is 75.5 cm³/mol. The minimum atomic E-state index is -1.31. The number of carboxylic acid groups (broad SMARTS) is 1. The number of amides is 1. The Kier molecular flexibility index (Phi) is 7.65. The van der Waals surface area contributed by atoms with Crippen LogP contribution in [-0.4, -0.2) is 58.8 Å². The second-order valence-corrected chi connectivity index (χ2v) is 5.18. The van der Waals surface area contributed by atoms with Crippen LogP contribution in [0.3, 0.4) is 0 Å². The number of aliphatic hydroxyl groups is 1. The molecule has 0 bridgehead atoms. The fourth-order valence-corrected chi connectivity index (χ4v) is 1.57. The van der Waals surface area contributed by atoms with Crippen molar-refractivity contribution in [3.05, 3.63) is 12.2 Å². The summed E-state index contributed by atoms with van der Waals surface area (Å²) in [7, 11) is 0. The molecule has 0 aliphatic carbocycles. The highest BCUT2D eigenvalue weighted by Crippen LogP contribution is 2.23. The van der Waals surface area contributed by atoms with Gasteiger partial charge in [-0.05, 0) is 13.8 Å². The third-order valence-corrected chi connectivity index (χ3v) is 3.00. The molecule has 0 unspecified atom stereocenters. The summed E-state index contributed by atoms with van der Waals surface area (Å²) in [6.45, 7) is 7.54. The largest absolute Gasteiger partial charge is 0.478 e. The van der Waals surface area contributed by atoms with Gasteiger partial charge in [0.2, 0.25) is 0 Å². The topological polar surface area (TPSA) is 104 Å². The molecule has 0 aromatic heterocycles. The van der Waals surface area contributed by atoms with E-state index in [0.29, 0.717) is 19.2 Å². The van der Waals surface area contributed by atoms with Crippen molar-refractivity contribution in [1.29, 1.82) is 0 Å². The van der Waals surface area contributed by atoms with Crippen molar-refractivity contribution < 1.29 is 29.3 Å². The molecule has 120 valence electrons. The molecular weight excluding hydrogens is 278 g/mol. The van der Waals surface area contributed by atoms with Gasteiger partial charge in [0.1, 0.15) is 6.10 Å². The first-order valence-electron chi connectivity index (χ1n) is 6.70. The molecule has 0 aromatic carbocycles. The van der Waals surface area contributed by atoms with Crippen LogP contribution in [-0.2, 0) is 19.1 Å². The summed E-state index contributed by atoms with van der Waals surface area (Å²) in [4.78, 5) is 35.1. The minimum absolute atomic E-state index is 0.204. The van der Waals surface area contributed by atoms with E-state index < -0.39 is 29.4 Å². The summed E-state index contributed by atoms with van der Waals surface area (Å²) in [6, 6.07) is 0. The van der Waals surface area contributed by atoms with E-state index in [1.165, 1.54) is 4.90 Å². The van der Waals surface area contributed by atoms with Gasteiger partial charge in [0, 0.05) is 30.7 Å². The molecule has 0 aliphatic rings. The van der Waals surface area contributed by atoms with Gasteiger partial charge < -0.3 is 19.8 Å². The summed E-state index contributed by atoms with van der Waals surface area (Å²) >= 11 is 0. The number of rotatable bonds is 8. The SMILES string of the molecule is CCN(CC)C(=O)[C@H](O)C(C)(C)COC(=O)/C=C/C(=O)O. The van der Waals surface area contributed by atoms with Crippen molar-refractivity contribution in [3.8, 4) is 0 Å². The molecule has 0 saturated heterocycles. The van der Waals surface area contributed by atoms with Gasteiger partial charge in [0.25, 0.3) is 5.91 Å². The van der Waals surface area contributed by atoms with Crippen molar-refractivity contribution >= 4 is 17.8 Å². The maximum atomic E-state index is 12.1. The molecule has 21 heavy (non-hydrogen) atoms. The molecule has 1 amide bonds. The van der Waals surface area contributed by atoms with Crippen molar-refractivity contribution in [2.45, 2.75) is 33.8 Å². The number of ether oxygens (including phenoxy) is 1. The van der Waals surface area contributed by atoms with E-state index in [9.17, 15) is 19.5 Å². The molecule has 0 fully saturated rings.